The van der Waals surface area contributed by atoms with Gasteiger partial charge < -0.3 is 19.5 Å². The van der Waals surface area contributed by atoms with Crippen LogP contribution in [0.15, 0.2) is 34.9 Å². The van der Waals surface area contributed by atoms with Crippen LogP contribution in [-0.2, 0) is 16.1 Å². The zero-order valence-corrected chi connectivity index (χ0v) is 15.0. The number of hydrogen-bond donors (Lipinski definition) is 1. The van der Waals surface area contributed by atoms with Crippen LogP contribution in [0.3, 0.4) is 0 Å². The number of rotatable bonds is 5. The number of ether oxygens (including phenoxy) is 1. The molecule has 26 heavy (non-hydrogen) atoms. The van der Waals surface area contributed by atoms with Crippen molar-refractivity contribution >= 4 is 17.6 Å². The number of piperidine rings is 1. The quantitative estimate of drug-likeness (QED) is 0.889. The molecule has 0 spiro atoms. The molecule has 2 heterocycles. The number of likely N-dealkylation sites (tertiary alicyclic amines) is 1. The molecule has 0 saturated carbocycles. The zero-order chi connectivity index (χ0) is 18.5. The Morgan fingerprint density at radius 1 is 1.27 bits per heavy atom. The lowest BCUT2D eigenvalue weighted by Gasteiger charge is -2.31. The Hall–Kier alpha value is -2.67. The molecule has 0 unspecified atom stereocenters. The highest BCUT2D eigenvalue weighted by atomic mass is 16.5. The van der Waals surface area contributed by atoms with Gasteiger partial charge in [0.25, 0.3) is 5.91 Å². The molecule has 1 aromatic carbocycles. The van der Waals surface area contributed by atoms with Crippen molar-refractivity contribution in [3.05, 3.63) is 47.2 Å². The SMILES string of the molecule is COCc1ccc(C(=O)N2CCC(C(=O)Nc3cc(C)on3)CC2)cc1. The van der Waals surface area contributed by atoms with E-state index in [-0.39, 0.29) is 17.7 Å². The minimum absolute atomic E-state index is 0.0000453. The van der Waals surface area contributed by atoms with Crippen LogP contribution in [0.1, 0.15) is 34.5 Å². The normalized spacial score (nSPS) is 15.1. The van der Waals surface area contributed by atoms with Crippen LogP contribution in [0, 0.1) is 12.8 Å². The van der Waals surface area contributed by atoms with E-state index in [0.29, 0.717) is 49.7 Å². The first-order valence-corrected chi connectivity index (χ1v) is 8.68. The number of amides is 2. The molecule has 1 saturated heterocycles. The molecule has 0 aliphatic carbocycles. The van der Waals surface area contributed by atoms with Crippen molar-refractivity contribution < 1.29 is 18.8 Å². The molecule has 2 amide bonds. The number of benzene rings is 1. The van der Waals surface area contributed by atoms with Crippen molar-refractivity contribution in [3.63, 3.8) is 0 Å². The molecule has 7 nitrogen and oxygen atoms in total. The molecular weight excluding hydrogens is 334 g/mol. The largest absolute Gasteiger partial charge is 0.380 e. The molecule has 3 rings (SSSR count). The summed E-state index contributed by atoms with van der Waals surface area (Å²) in [6.07, 6.45) is 1.27. The van der Waals surface area contributed by atoms with Crippen LogP contribution < -0.4 is 5.32 Å². The molecule has 1 aromatic heterocycles. The summed E-state index contributed by atoms with van der Waals surface area (Å²) >= 11 is 0. The maximum Gasteiger partial charge on any atom is 0.253 e. The number of methoxy groups -OCH3 is 1. The van der Waals surface area contributed by atoms with Gasteiger partial charge in [0.05, 0.1) is 6.61 Å². The number of aromatic nitrogens is 1. The van der Waals surface area contributed by atoms with Gasteiger partial charge in [-0.2, -0.15) is 0 Å². The van der Waals surface area contributed by atoms with Gasteiger partial charge in [0.1, 0.15) is 5.76 Å². The lowest BCUT2D eigenvalue weighted by molar-refractivity contribution is -0.121. The van der Waals surface area contributed by atoms with E-state index in [1.54, 1.807) is 25.0 Å². The van der Waals surface area contributed by atoms with E-state index in [1.165, 1.54) is 0 Å². The first-order valence-electron chi connectivity index (χ1n) is 8.68. The van der Waals surface area contributed by atoms with Crippen molar-refractivity contribution in [2.75, 3.05) is 25.5 Å². The predicted octanol–water partition coefficient (Wildman–Crippen LogP) is 2.62. The molecule has 2 aromatic rings. The minimum Gasteiger partial charge on any atom is -0.380 e. The fraction of sp³-hybridized carbons (Fsp3) is 0.421. The molecule has 1 aliphatic rings. The van der Waals surface area contributed by atoms with E-state index in [2.05, 4.69) is 10.5 Å². The molecule has 1 N–H and O–H groups in total. The highest BCUT2D eigenvalue weighted by molar-refractivity contribution is 5.95. The maximum absolute atomic E-state index is 12.6. The van der Waals surface area contributed by atoms with Gasteiger partial charge in [-0.25, -0.2) is 0 Å². The first kappa shape index (κ1) is 18.1. The summed E-state index contributed by atoms with van der Waals surface area (Å²) in [4.78, 5) is 26.7. The van der Waals surface area contributed by atoms with E-state index in [0.717, 1.165) is 5.56 Å². The summed E-state index contributed by atoms with van der Waals surface area (Å²) in [6.45, 7) is 3.43. The van der Waals surface area contributed by atoms with Crippen LogP contribution >= 0.6 is 0 Å². The summed E-state index contributed by atoms with van der Waals surface area (Å²) < 4.78 is 10.0. The molecule has 1 fully saturated rings. The highest BCUT2D eigenvalue weighted by Gasteiger charge is 2.28. The average molecular weight is 357 g/mol. The van der Waals surface area contributed by atoms with Gasteiger partial charge in [0.2, 0.25) is 5.91 Å². The Morgan fingerprint density at radius 3 is 2.54 bits per heavy atom. The van der Waals surface area contributed by atoms with E-state index in [4.69, 9.17) is 9.26 Å². The fourth-order valence-electron chi connectivity index (χ4n) is 3.09. The van der Waals surface area contributed by atoms with Crippen molar-refractivity contribution in [1.82, 2.24) is 10.1 Å². The third-order valence-electron chi connectivity index (χ3n) is 4.54. The zero-order valence-electron chi connectivity index (χ0n) is 15.0. The Balaban J connectivity index is 1.52. The Kier molecular flexibility index (Phi) is 5.68. The molecular formula is C19H23N3O4. The molecule has 1 aliphatic heterocycles. The standard InChI is InChI=1S/C19H23N3O4/c1-13-11-17(21-26-13)20-18(23)15-7-9-22(10-8-15)19(24)16-5-3-14(4-6-16)12-25-2/h3-6,11,15H,7-10,12H2,1-2H3,(H,20,21,23). The second kappa shape index (κ2) is 8.14. The van der Waals surface area contributed by atoms with Gasteiger partial charge in [0.15, 0.2) is 5.82 Å². The Bertz CT molecular complexity index is 761. The lowest BCUT2D eigenvalue weighted by Crippen LogP contribution is -2.41. The first-order chi connectivity index (χ1) is 12.6. The number of hydrogen-bond acceptors (Lipinski definition) is 5. The number of carbonyl (C=O) groups is 2. The third kappa shape index (κ3) is 4.29. The van der Waals surface area contributed by atoms with E-state index < -0.39 is 0 Å². The van der Waals surface area contributed by atoms with Gasteiger partial charge in [-0.15, -0.1) is 0 Å². The number of nitrogens with one attached hydrogen (secondary N) is 1. The summed E-state index contributed by atoms with van der Waals surface area (Å²) in [6, 6.07) is 9.13. The highest BCUT2D eigenvalue weighted by Crippen LogP contribution is 2.21. The van der Waals surface area contributed by atoms with Gasteiger partial charge in [-0.05, 0) is 37.5 Å². The van der Waals surface area contributed by atoms with E-state index in [1.807, 2.05) is 24.3 Å². The van der Waals surface area contributed by atoms with Crippen LogP contribution in [-0.4, -0.2) is 42.1 Å². The lowest BCUT2D eigenvalue weighted by atomic mass is 9.95. The monoisotopic (exact) mass is 357 g/mol. The predicted molar refractivity (Wildman–Crippen MR) is 95.7 cm³/mol. The minimum atomic E-state index is -0.125. The van der Waals surface area contributed by atoms with Gasteiger partial charge >= 0.3 is 0 Å². The molecule has 7 heteroatoms. The molecule has 138 valence electrons. The Morgan fingerprint density at radius 2 is 1.96 bits per heavy atom. The second-order valence-electron chi connectivity index (χ2n) is 6.51. The molecule has 0 bridgehead atoms. The summed E-state index contributed by atoms with van der Waals surface area (Å²) in [5, 5.41) is 6.54. The smallest absolute Gasteiger partial charge is 0.253 e. The average Bonchev–Trinajstić information content (AvgIpc) is 3.07. The van der Waals surface area contributed by atoms with Crippen molar-refractivity contribution in [2.24, 2.45) is 5.92 Å². The fourth-order valence-corrected chi connectivity index (χ4v) is 3.09. The topological polar surface area (TPSA) is 84.7 Å². The Labute approximate surface area is 152 Å². The maximum atomic E-state index is 12.6. The van der Waals surface area contributed by atoms with E-state index in [9.17, 15) is 9.59 Å². The van der Waals surface area contributed by atoms with Crippen LogP contribution in [0.2, 0.25) is 0 Å². The van der Waals surface area contributed by atoms with Crippen LogP contribution in [0.25, 0.3) is 0 Å². The van der Waals surface area contributed by atoms with Gasteiger partial charge in [-0.3, -0.25) is 9.59 Å². The van der Waals surface area contributed by atoms with E-state index >= 15 is 0 Å². The summed E-state index contributed by atoms with van der Waals surface area (Å²) in [7, 11) is 1.64. The number of aryl methyl sites for hydroxylation is 1. The summed E-state index contributed by atoms with van der Waals surface area (Å²) in [5.74, 6) is 0.883. The molecule has 0 atom stereocenters. The molecule has 0 radical (unpaired) electrons. The number of nitrogens with zero attached hydrogens (tertiary/aromatic N) is 2. The van der Waals surface area contributed by atoms with Crippen molar-refractivity contribution in [1.29, 1.82) is 0 Å². The van der Waals surface area contributed by atoms with Crippen molar-refractivity contribution in [3.8, 4) is 0 Å². The van der Waals surface area contributed by atoms with Crippen molar-refractivity contribution in [2.45, 2.75) is 26.4 Å². The van der Waals surface area contributed by atoms with Gasteiger partial charge in [-0.1, -0.05) is 17.3 Å². The third-order valence-corrected chi connectivity index (χ3v) is 4.54. The van der Waals surface area contributed by atoms with Gasteiger partial charge in [0, 0.05) is 37.7 Å². The summed E-state index contributed by atoms with van der Waals surface area (Å²) in [5.41, 5.74) is 1.69. The second-order valence-corrected chi connectivity index (χ2v) is 6.51. The number of anilines is 1. The van der Waals surface area contributed by atoms with Crippen LogP contribution in [0.4, 0.5) is 5.82 Å². The number of carbonyl (C=O) groups excluding carboxylic acids is 2. The van der Waals surface area contributed by atoms with Crippen LogP contribution in [0.5, 0.6) is 0 Å².